The van der Waals surface area contributed by atoms with Gasteiger partial charge in [0.25, 0.3) is 11.5 Å². The summed E-state index contributed by atoms with van der Waals surface area (Å²) < 4.78 is 20.1. The van der Waals surface area contributed by atoms with Gasteiger partial charge in [-0.1, -0.05) is 30.3 Å². The second-order valence-corrected chi connectivity index (χ2v) is 7.31. The first-order valence-electron chi connectivity index (χ1n) is 10.2. The van der Waals surface area contributed by atoms with Crippen LogP contribution in [0.25, 0.3) is 11.0 Å². The van der Waals surface area contributed by atoms with Gasteiger partial charge in [0, 0.05) is 18.1 Å². The van der Waals surface area contributed by atoms with Gasteiger partial charge in [0.05, 0.1) is 13.7 Å². The van der Waals surface area contributed by atoms with Gasteiger partial charge in [-0.3, -0.25) is 14.2 Å². The maximum atomic E-state index is 13.3. The Bertz CT molecular complexity index is 1320. The lowest BCUT2D eigenvalue weighted by atomic mass is 10.1. The maximum Gasteiger partial charge on any atom is 0.265 e. The highest BCUT2D eigenvalue weighted by atomic mass is 19.1. The Morgan fingerprint density at radius 2 is 1.88 bits per heavy atom. The summed E-state index contributed by atoms with van der Waals surface area (Å²) in [6.07, 6.45) is 2.16. The summed E-state index contributed by atoms with van der Waals surface area (Å²) in [6, 6.07) is 18.6. The summed E-state index contributed by atoms with van der Waals surface area (Å²) in [5, 5.41) is 3.50. The van der Waals surface area contributed by atoms with Crippen molar-refractivity contribution in [2.24, 2.45) is 0 Å². The van der Waals surface area contributed by atoms with Crippen molar-refractivity contribution in [3.05, 3.63) is 106 Å². The molecular formula is C25H22FN3O3. The van der Waals surface area contributed by atoms with E-state index in [1.165, 1.54) is 16.7 Å². The molecule has 0 spiro atoms. The van der Waals surface area contributed by atoms with Gasteiger partial charge < -0.3 is 10.1 Å². The Hall–Kier alpha value is -4.00. The van der Waals surface area contributed by atoms with Gasteiger partial charge in [0.2, 0.25) is 0 Å². The Morgan fingerprint density at radius 3 is 2.66 bits per heavy atom. The summed E-state index contributed by atoms with van der Waals surface area (Å²) >= 11 is 0. The predicted octanol–water partition coefficient (Wildman–Crippen LogP) is 3.57. The van der Waals surface area contributed by atoms with E-state index < -0.39 is 11.5 Å². The van der Waals surface area contributed by atoms with Crippen molar-refractivity contribution in [1.29, 1.82) is 0 Å². The zero-order valence-electron chi connectivity index (χ0n) is 17.5. The van der Waals surface area contributed by atoms with Gasteiger partial charge in [0.1, 0.15) is 22.8 Å². The fourth-order valence-electron chi connectivity index (χ4n) is 3.60. The van der Waals surface area contributed by atoms with Crippen LogP contribution in [0.1, 0.15) is 21.5 Å². The van der Waals surface area contributed by atoms with Crippen molar-refractivity contribution in [2.75, 3.05) is 13.7 Å². The van der Waals surface area contributed by atoms with Crippen LogP contribution in [0.4, 0.5) is 4.39 Å². The highest BCUT2D eigenvalue weighted by molar-refractivity contribution is 5.96. The molecule has 32 heavy (non-hydrogen) atoms. The van der Waals surface area contributed by atoms with Crippen LogP contribution in [0.3, 0.4) is 0 Å². The number of nitrogens with one attached hydrogen (secondary N) is 1. The molecule has 2 aromatic heterocycles. The van der Waals surface area contributed by atoms with E-state index in [-0.39, 0.29) is 17.9 Å². The molecule has 0 saturated carbocycles. The van der Waals surface area contributed by atoms with E-state index in [0.717, 1.165) is 16.9 Å². The second-order valence-electron chi connectivity index (χ2n) is 7.31. The van der Waals surface area contributed by atoms with E-state index in [2.05, 4.69) is 10.3 Å². The number of methoxy groups -OCH3 is 1. The number of rotatable bonds is 7. The van der Waals surface area contributed by atoms with Crippen molar-refractivity contribution in [3.8, 4) is 5.75 Å². The maximum absolute atomic E-state index is 13.3. The molecule has 1 amide bonds. The molecule has 162 valence electrons. The van der Waals surface area contributed by atoms with Gasteiger partial charge in [0.15, 0.2) is 0 Å². The van der Waals surface area contributed by atoms with Gasteiger partial charge in [-0.05, 0) is 53.9 Å². The highest BCUT2D eigenvalue weighted by Crippen LogP contribution is 2.17. The molecule has 2 aromatic carbocycles. The summed E-state index contributed by atoms with van der Waals surface area (Å²) in [7, 11) is 1.60. The van der Waals surface area contributed by atoms with Crippen molar-refractivity contribution >= 4 is 16.9 Å². The summed E-state index contributed by atoms with van der Waals surface area (Å²) in [5.74, 6) is -0.0593. The number of aromatic nitrogens is 2. The van der Waals surface area contributed by atoms with Gasteiger partial charge in [-0.2, -0.15) is 0 Å². The van der Waals surface area contributed by atoms with E-state index in [0.29, 0.717) is 24.0 Å². The number of carbonyl (C=O) groups excluding carboxylic acids is 1. The average molecular weight is 431 g/mol. The minimum absolute atomic E-state index is 0.0349. The first-order chi connectivity index (χ1) is 15.6. The Morgan fingerprint density at radius 1 is 1.09 bits per heavy atom. The third-order valence-electron chi connectivity index (χ3n) is 5.22. The van der Waals surface area contributed by atoms with E-state index >= 15 is 0 Å². The zero-order chi connectivity index (χ0) is 22.5. The van der Waals surface area contributed by atoms with Gasteiger partial charge in [-0.25, -0.2) is 9.37 Å². The number of halogens is 1. The molecule has 7 heteroatoms. The molecule has 0 saturated heterocycles. The van der Waals surface area contributed by atoms with Crippen LogP contribution < -0.4 is 15.6 Å². The topological polar surface area (TPSA) is 73.2 Å². The fourth-order valence-corrected chi connectivity index (χ4v) is 3.60. The molecule has 4 aromatic rings. The number of carbonyl (C=O) groups is 1. The quantitative estimate of drug-likeness (QED) is 0.486. The molecule has 6 nitrogen and oxygen atoms in total. The smallest absolute Gasteiger partial charge is 0.265 e. The number of fused-ring (bicyclic) bond motifs is 1. The first kappa shape index (κ1) is 21.2. The third-order valence-corrected chi connectivity index (χ3v) is 5.22. The molecule has 0 atom stereocenters. The molecule has 4 rings (SSSR count). The number of para-hydroxylation sites is 1. The zero-order valence-corrected chi connectivity index (χ0v) is 17.5. The van der Waals surface area contributed by atoms with Crippen LogP contribution in [0.15, 0.2) is 77.7 Å². The minimum Gasteiger partial charge on any atom is -0.496 e. The summed E-state index contributed by atoms with van der Waals surface area (Å²) in [6.45, 7) is 0.524. The number of hydrogen-bond acceptors (Lipinski definition) is 4. The van der Waals surface area contributed by atoms with E-state index in [9.17, 15) is 14.0 Å². The predicted molar refractivity (Wildman–Crippen MR) is 121 cm³/mol. The lowest BCUT2D eigenvalue weighted by Gasteiger charge is -2.13. The Balaban J connectivity index is 1.60. The molecule has 0 bridgehead atoms. The van der Waals surface area contributed by atoms with Crippen LogP contribution in [-0.4, -0.2) is 29.1 Å². The Labute approximate surface area is 184 Å². The lowest BCUT2D eigenvalue weighted by molar-refractivity contribution is 0.0952. The van der Waals surface area contributed by atoms with Crippen LogP contribution >= 0.6 is 0 Å². The lowest BCUT2D eigenvalue weighted by Crippen LogP contribution is -2.34. The number of ether oxygens (including phenoxy) is 1. The molecule has 0 aliphatic rings. The first-order valence-corrected chi connectivity index (χ1v) is 10.2. The van der Waals surface area contributed by atoms with E-state index in [1.54, 1.807) is 43.6 Å². The summed E-state index contributed by atoms with van der Waals surface area (Å²) in [5.41, 5.74) is 1.75. The van der Waals surface area contributed by atoms with Crippen molar-refractivity contribution < 1.29 is 13.9 Å². The van der Waals surface area contributed by atoms with Crippen LogP contribution in [0.5, 0.6) is 5.75 Å². The number of pyridine rings is 2. The molecule has 0 radical (unpaired) electrons. The van der Waals surface area contributed by atoms with Crippen molar-refractivity contribution in [2.45, 2.75) is 13.0 Å². The van der Waals surface area contributed by atoms with Crippen molar-refractivity contribution in [3.63, 3.8) is 0 Å². The van der Waals surface area contributed by atoms with Crippen molar-refractivity contribution in [1.82, 2.24) is 14.9 Å². The number of benzene rings is 2. The SMILES string of the molecule is COc1ccccc1CCNC(=O)c1cc2cccnc2n(Cc2ccc(F)cc2)c1=O. The van der Waals surface area contributed by atoms with Gasteiger partial charge in [-0.15, -0.1) is 0 Å². The van der Waals surface area contributed by atoms with Crippen LogP contribution in [0.2, 0.25) is 0 Å². The number of nitrogens with zero attached hydrogens (tertiary/aromatic N) is 2. The van der Waals surface area contributed by atoms with Crippen LogP contribution in [-0.2, 0) is 13.0 Å². The van der Waals surface area contributed by atoms with E-state index in [4.69, 9.17) is 4.74 Å². The van der Waals surface area contributed by atoms with Crippen LogP contribution in [0, 0.1) is 5.82 Å². The van der Waals surface area contributed by atoms with Gasteiger partial charge >= 0.3 is 0 Å². The minimum atomic E-state index is -0.455. The number of amides is 1. The van der Waals surface area contributed by atoms with E-state index in [1.807, 2.05) is 24.3 Å². The fraction of sp³-hybridized carbons (Fsp3) is 0.160. The molecule has 1 N–H and O–H groups in total. The standard InChI is InChI=1S/C25H22FN3O3/c1-32-22-7-3-2-5-18(22)12-14-28-24(30)21-15-19-6-4-13-27-23(19)29(25(21)31)16-17-8-10-20(26)11-9-17/h2-11,13,15H,12,14,16H2,1H3,(H,28,30). The molecular weight excluding hydrogens is 409 g/mol. The molecule has 0 fully saturated rings. The number of hydrogen-bond donors (Lipinski definition) is 1. The normalized spacial score (nSPS) is 10.8. The largest absolute Gasteiger partial charge is 0.496 e. The second kappa shape index (κ2) is 9.43. The Kier molecular flexibility index (Phi) is 6.26. The average Bonchev–Trinajstić information content (AvgIpc) is 2.82. The summed E-state index contributed by atoms with van der Waals surface area (Å²) in [4.78, 5) is 30.4. The molecule has 2 heterocycles. The highest BCUT2D eigenvalue weighted by Gasteiger charge is 2.16. The monoisotopic (exact) mass is 431 g/mol. The molecule has 0 aliphatic heterocycles. The third kappa shape index (κ3) is 4.51. The molecule has 0 unspecified atom stereocenters. The molecule has 0 aliphatic carbocycles.